The summed E-state index contributed by atoms with van der Waals surface area (Å²) in [7, 11) is 3.11. The van der Waals surface area contributed by atoms with Crippen molar-refractivity contribution in [2.45, 2.75) is 118 Å². The highest BCUT2D eigenvalue weighted by molar-refractivity contribution is 6.38. The summed E-state index contributed by atoms with van der Waals surface area (Å²) >= 11 is 0. The molecule has 0 bridgehead atoms. The molecule has 1 aromatic rings. The highest BCUT2D eigenvalue weighted by Crippen LogP contribution is 2.29. The van der Waals surface area contributed by atoms with Crippen LogP contribution in [0.3, 0.4) is 0 Å². The number of carbonyl (C=O) groups excluding carboxylic acids is 7. The molecule has 54 heavy (non-hydrogen) atoms. The van der Waals surface area contributed by atoms with Crippen molar-refractivity contribution in [3.63, 3.8) is 0 Å². The van der Waals surface area contributed by atoms with Gasteiger partial charge in [0.2, 0.25) is 29.4 Å². The van der Waals surface area contributed by atoms with Gasteiger partial charge in [0, 0.05) is 27.1 Å². The first kappa shape index (κ1) is 45.6. The van der Waals surface area contributed by atoms with E-state index in [0.29, 0.717) is 5.56 Å². The number of ketones is 1. The number of rotatable bonds is 16. The largest absolute Gasteiger partial charge is 0.449 e. The monoisotopic (exact) mass is 759 g/mol. The second-order valence-electron chi connectivity index (χ2n) is 16.9. The van der Waals surface area contributed by atoms with E-state index in [0.717, 1.165) is 0 Å². The molecule has 0 aliphatic carbocycles. The number of amides is 6. The van der Waals surface area contributed by atoms with E-state index in [-0.39, 0.29) is 43.7 Å². The normalized spacial score (nSPS) is 17.6. The first-order valence-electron chi connectivity index (χ1n) is 18.5. The number of alkyl carbamates (subject to hydrolysis) is 1. The van der Waals surface area contributed by atoms with Crippen molar-refractivity contribution in [1.82, 2.24) is 31.1 Å². The second-order valence-corrected chi connectivity index (χ2v) is 16.9. The lowest BCUT2D eigenvalue weighted by molar-refractivity contribution is -0.144. The van der Waals surface area contributed by atoms with E-state index in [1.807, 2.05) is 48.5 Å². The zero-order valence-electron chi connectivity index (χ0n) is 34.0. The van der Waals surface area contributed by atoms with Crippen LogP contribution in [0.2, 0.25) is 0 Å². The van der Waals surface area contributed by atoms with Crippen molar-refractivity contribution < 1.29 is 43.0 Å². The smallest absolute Gasteiger partial charge is 0.407 e. The van der Waals surface area contributed by atoms with Crippen LogP contribution in [-0.2, 0) is 38.2 Å². The Balaban J connectivity index is 2.27. The van der Waals surface area contributed by atoms with Gasteiger partial charge < -0.3 is 40.5 Å². The molecule has 1 heterocycles. The van der Waals surface area contributed by atoms with Gasteiger partial charge >= 0.3 is 6.09 Å². The van der Waals surface area contributed by atoms with Crippen LogP contribution >= 0.6 is 0 Å². The maximum absolute atomic E-state index is 14.2. The summed E-state index contributed by atoms with van der Waals surface area (Å²) in [5, 5.41) is 10.3. The molecule has 6 amide bonds. The lowest BCUT2D eigenvalue weighted by Crippen LogP contribution is -2.59. The SMILES string of the molecule is CC(C)COC(=O)N[C@H](C(=O)N1C[C@H](OC(C)(C)C)C[C@H]1C(=O)NC(CC(C)C)[13C](=O)C(=O)NCC(=O)N[C@H](C(=O)N(C)C)c1ccccc1)C(C)(C)C. The van der Waals surface area contributed by atoms with Crippen LogP contribution in [0.5, 0.6) is 0 Å². The van der Waals surface area contributed by atoms with Gasteiger partial charge in [-0.15, -0.1) is 0 Å². The number of benzene rings is 1. The van der Waals surface area contributed by atoms with Crippen molar-refractivity contribution in [3.8, 4) is 0 Å². The van der Waals surface area contributed by atoms with Crippen molar-refractivity contribution in [2.24, 2.45) is 17.3 Å². The average molecular weight is 760 g/mol. The zero-order valence-corrected chi connectivity index (χ0v) is 34.0. The van der Waals surface area contributed by atoms with Gasteiger partial charge in [-0.3, -0.25) is 28.8 Å². The molecule has 1 aromatic carbocycles. The molecule has 1 saturated heterocycles. The van der Waals surface area contributed by atoms with Crippen LogP contribution in [0.15, 0.2) is 30.3 Å². The average Bonchev–Trinajstić information content (AvgIpc) is 3.48. The number of nitrogens with zero attached hydrogens (tertiary/aromatic N) is 2. The minimum atomic E-state index is -1.28. The Hall–Kier alpha value is -4.53. The second kappa shape index (κ2) is 19.7. The molecule has 15 heteroatoms. The van der Waals surface area contributed by atoms with Crippen LogP contribution in [0.1, 0.15) is 93.7 Å². The minimum Gasteiger partial charge on any atom is -0.449 e. The Morgan fingerprint density at radius 1 is 0.870 bits per heavy atom. The van der Waals surface area contributed by atoms with E-state index in [9.17, 15) is 33.6 Å². The lowest BCUT2D eigenvalue weighted by Gasteiger charge is -2.35. The molecule has 1 aliphatic heterocycles. The zero-order chi connectivity index (χ0) is 41.1. The van der Waals surface area contributed by atoms with Crippen molar-refractivity contribution in [1.29, 1.82) is 0 Å². The fourth-order valence-electron chi connectivity index (χ4n) is 5.87. The Bertz CT molecular complexity index is 1480. The van der Waals surface area contributed by atoms with Gasteiger partial charge in [-0.05, 0) is 50.0 Å². The first-order chi connectivity index (χ1) is 24.9. The number of ether oxygens (including phenoxy) is 2. The molecular formula is C39H62N6O9. The Kier molecular flexibility index (Phi) is 16.6. The number of hydrogen-bond acceptors (Lipinski definition) is 9. The Morgan fingerprint density at radius 3 is 2.00 bits per heavy atom. The predicted molar refractivity (Wildman–Crippen MR) is 203 cm³/mol. The summed E-state index contributed by atoms with van der Waals surface area (Å²) in [4.78, 5) is 96.1. The molecule has 302 valence electrons. The molecule has 15 nitrogen and oxygen atoms in total. The van der Waals surface area contributed by atoms with Crippen molar-refractivity contribution in [3.05, 3.63) is 35.9 Å². The lowest BCUT2D eigenvalue weighted by atomic mass is 9.85. The summed E-state index contributed by atoms with van der Waals surface area (Å²) in [6.45, 7) is 17.9. The number of hydrogen-bond donors (Lipinski definition) is 4. The fraction of sp³-hybridized carbons (Fsp3) is 0.667. The van der Waals surface area contributed by atoms with Gasteiger partial charge in [0.1, 0.15) is 18.1 Å². The van der Waals surface area contributed by atoms with E-state index >= 15 is 0 Å². The molecule has 5 atom stereocenters. The van der Waals surface area contributed by atoms with Crippen LogP contribution in [0, 0.1) is 17.3 Å². The van der Waals surface area contributed by atoms with Gasteiger partial charge in [0.15, 0.2) is 0 Å². The third-order valence-corrected chi connectivity index (χ3v) is 8.39. The van der Waals surface area contributed by atoms with Crippen LogP contribution < -0.4 is 21.3 Å². The molecule has 0 aromatic heterocycles. The Morgan fingerprint density at radius 2 is 1.48 bits per heavy atom. The number of carbonyl (C=O) groups is 7. The fourth-order valence-corrected chi connectivity index (χ4v) is 5.87. The summed E-state index contributed by atoms with van der Waals surface area (Å²) < 4.78 is 11.5. The Labute approximate surface area is 320 Å². The summed E-state index contributed by atoms with van der Waals surface area (Å²) in [6, 6.07) is 4.13. The predicted octanol–water partition coefficient (Wildman–Crippen LogP) is 2.73. The van der Waals surface area contributed by atoms with E-state index in [2.05, 4.69) is 21.3 Å². The highest BCUT2D eigenvalue weighted by atomic mass is 16.5. The summed E-state index contributed by atoms with van der Waals surface area (Å²) in [5.41, 5.74) is -0.842. The maximum atomic E-state index is 14.2. The van der Waals surface area contributed by atoms with Gasteiger partial charge in [-0.25, -0.2) is 4.79 Å². The topological polar surface area (TPSA) is 193 Å². The van der Waals surface area contributed by atoms with Crippen molar-refractivity contribution >= 4 is 41.4 Å². The van der Waals surface area contributed by atoms with E-state index in [1.165, 1.54) is 9.80 Å². The van der Waals surface area contributed by atoms with Crippen LogP contribution in [0.25, 0.3) is 0 Å². The van der Waals surface area contributed by atoms with Gasteiger partial charge in [-0.1, -0.05) is 78.8 Å². The highest BCUT2D eigenvalue weighted by Gasteiger charge is 2.47. The molecule has 1 fully saturated rings. The van der Waals surface area contributed by atoms with E-state index in [1.54, 1.807) is 65.2 Å². The first-order valence-corrected chi connectivity index (χ1v) is 18.5. The summed E-state index contributed by atoms with van der Waals surface area (Å²) in [6.07, 6.45) is -1.11. The number of likely N-dealkylation sites (tertiary alicyclic amines) is 1. The standard InChI is InChI=1S/C39H62N6O9/c1-23(2)18-27(31(47)34(49)40-20-29(46)42-30(35(50)44(11)12)25-16-14-13-15-17-25)41-33(48)28-19-26(54-39(8,9)10)21-45(28)36(51)32(38(5,6)7)43-37(52)53-22-24(3)4/h13-17,23-24,26-28,30,32H,18-22H2,1-12H3,(H,40,49)(H,41,48)(H,42,46)(H,43,52)/t26-,27?,28+,30+,32-/m1/s1/i31+1. The summed E-state index contributed by atoms with van der Waals surface area (Å²) in [5.74, 6) is -4.42. The van der Waals surface area contributed by atoms with Crippen molar-refractivity contribution in [2.75, 3.05) is 33.8 Å². The van der Waals surface area contributed by atoms with E-state index < -0.39 is 83.3 Å². The van der Waals surface area contributed by atoms with Gasteiger partial charge in [-0.2, -0.15) is 0 Å². The maximum Gasteiger partial charge on any atom is 0.407 e. The third-order valence-electron chi connectivity index (χ3n) is 8.39. The van der Waals surface area contributed by atoms with Crippen LogP contribution in [-0.4, -0.2) is 115 Å². The van der Waals surface area contributed by atoms with Crippen LogP contribution in [0.4, 0.5) is 4.79 Å². The minimum absolute atomic E-state index is 0.0438. The molecule has 1 unspecified atom stereocenters. The quantitative estimate of drug-likeness (QED) is 0.145. The van der Waals surface area contributed by atoms with Gasteiger partial charge in [0.05, 0.1) is 30.9 Å². The molecule has 4 N–H and O–H groups in total. The number of Topliss-reactive ketones (excluding diaryl/α,β-unsaturated/α-hetero) is 1. The molecule has 2 rings (SSSR count). The molecule has 0 spiro atoms. The van der Waals surface area contributed by atoms with E-state index in [4.69, 9.17) is 9.47 Å². The van der Waals surface area contributed by atoms with Gasteiger partial charge in [0.25, 0.3) is 5.91 Å². The third kappa shape index (κ3) is 14.4. The number of likely N-dealkylation sites (N-methyl/N-ethyl adjacent to an activating group) is 1. The molecular weight excluding hydrogens is 697 g/mol. The number of nitrogens with one attached hydrogen (secondary N) is 4. The molecule has 1 aliphatic rings. The molecule has 0 saturated carbocycles. The molecule has 0 radical (unpaired) electrons.